The summed E-state index contributed by atoms with van der Waals surface area (Å²) in [6.45, 7) is 1.00. The Hall–Kier alpha value is -4.05. The first kappa shape index (κ1) is 27.1. The highest BCUT2D eigenvalue weighted by atomic mass is 35.5. The third-order valence-corrected chi connectivity index (χ3v) is 7.75. The maximum absolute atomic E-state index is 13.9. The summed E-state index contributed by atoms with van der Waals surface area (Å²) in [5.41, 5.74) is 0.953. The van der Waals surface area contributed by atoms with Crippen molar-refractivity contribution < 1.29 is 36.7 Å². The van der Waals surface area contributed by atoms with Crippen LogP contribution in [0.25, 0.3) is 11.3 Å². The average molecular weight is 587 g/mol. The molecular weight excluding hydrogens is 564 g/mol. The predicted octanol–water partition coefficient (Wildman–Crippen LogP) is 7.91. The highest BCUT2D eigenvalue weighted by molar-refractivity contribution is 6.31. The molecule has 0 unspecified atom stereocenters. The van der Waals surface area contributed by atoms with Crippen LogP contribution in [0.1, 0.15) is 57.5 Å². The number of halogens is 5. The monoisotopic (exact) mass is 586 g/mol. The van der Waals surface area contributed by atoms with Gasteiger partial charge < -0.3 is 19.3 Å². The molecule has 41 heavy (non-hydrogen) atoms. The number of carboxylic acid groups (broad SMARTS) is 1. The van der Waals surface area contributed by atoms with Gasteiger partial charge in [0.2, 0.25) is 0 Å². The van der Waals surface area contributed by atoms with Crippen LogP contribution in [0.2, 0.25) is 5.02 Å². The van der Waals surface area contributed by atoms with E-state index in [0.29, 0.717) is 40.9 Å². The fraction of sp³-hybridized carbons (Fsp3) is 0.267. The van der Waals surface area contributed by atoms with Crippen molar-refractivity contribution in [2.75, 3.05) is 18.0 Å². The van der Waals surface area contributed by atoms with Crippen LogP contribution in [-0.4, -0.2) is 29.3 Å². The van der Waals surface area contributed by atoms with E-state index in [4.69, 9.17) is 20.9 Å². The molecule has 1 saturated carbocycles. The molecule has 1 N–H and O–H groups in total. The highest BCUT2D eigenvalue weighted by Crippen LogP contribution is 2.46. The molecule has 1 aliphatic carbocycles. The SMILES string of the molecule is O=C(O)c1cc(F)cc(N2CC(c3ccc(OCc4c(-c5ccccc5C(F)(F)F)noc4C4CC4)cc3Cl)C2)c1. The van der Waals surface area contributed by atoms with Gasteiger partial charge in [0.25, 0.3) is 0 Å². The Morgan fingerprint density at radius 1 is 1.07 bits per heavy atom. The minimum Gasteiger partial charge on any atom is -0.489 e. The first-order valence-electron chi connectivity index (χ1n) is 12.9. The summed E-state index contributed by atoms with van der Waals surface area (Å²) in [7, 11) is 0. The van der Waals surface area contributed by atoms with Crippen molar-refractivity contribution in [1.29, 1.82) is 0 Å². The molecule has 2 aliphatic rings. The van der Waals surface area contributed by atoms with Gasteiger partial charge in [0.05, 0.1) is 16.7 Å². The van der Waals surface area contributed by atoms with Gasteiger partial charge in [-0.05, 0) is 54.8 Å². The van der Waals surface area contributed by atoms with Crippen molar-refractivity contribution in [3.8, 4) is 17.0 Å². The van der Waals surface area contributed by atoms with Crippen molar-refractivity contribution >= 4 is 23.3 Å². The number of ether oxygens (including phenoxy) is 1. The van der Waals surface area contributed by atoms with Crippen LogP contribution in [0.15, 0.2) is 65.2 Å². The van der Waals surface area contributed by atoms with Crippen LogP contribution in [0.3, 0.4) is 0 Å². The maximum atomic E-state index is 13.9. The van der Waals surface area contributed by atoms with E-state index >= 15 is 0 Å². The first-order chi connectivity index (χ1) is 19.6. The molecule has 1 aliphatic heterocycles. The highest BCUT2D eigenvalue weighted by Gasteiger charge is 2.38. The summed E-state index contributed by atoms with van der Waals surface area (Å²) >= 11 is 6.58. The number of aromatic nitrogens is 1. The van der Waals surface area contributed by atoms with Gasteiger partial charge in [-0.25, -0.2) is 9.18 Å². The summed E-state index contributed by atoms with van der Waals surface area (Å²) in [6.07, 6.45) is -2.81. The van der Waals surface area contributed by atoms with E-state index in [9.17, 15) is 27.5 Å². The van der Waals surface area contributed by atoms with Crippen LogP contribution in [0.4, 0.5) is 23.2 Å². The van der Waals surface area contributed by atoms with Gasteiger partial charge in [-0.2, -0.15) is 13.2 Å². The molecule has 0 atom stereocenters. The number of alkyl halides is 3. The number of carbonyl (C=O) groups is 1. The zero-order valence-electron chi connectivity index (χ0n) is 21.4. The van der Waals surface area contributed by atoms with E-state index in [0.717, 1.165) is 30.5 Å². The van der Waals surface area contributed by atoms with E-state index < -0.39 is 23.5 Å². The van der Waals surface area contributed by atoms with Crippen molar-refractivity contribution in [3.05, 3.63) is 99.5 Å². The van der Waals surface area contributed by atoms with Crippen molar-refractivity contribution in [1.82, 2.24) is 5.16 Å². The van der Waals surface area contributed by atoms with Gasteiger partial charge in [0, 0.05) is 41.2 Å². The van der Waals surface area contributed by atoms with Crippen molar-refractivity contribution in [3.63, 3.8) is 0 Å². The average Bonchev–Trinajstić information content (AvgIpc) is 3.66. The third-order valence-electron chi connectivity index (χ3n) is 7.43. The van der Waals surface area contributed by atoms with E-state index in [2.05, 4.69) is 5.16 Å². The minimum atomic E-state index is -4.55. The molecule has 6 nitrogen and oxygen atoms in total. The molecule has 0 spiro atoms. The maximum Gasteiger partial charge on any atom is 0.417 e. The van der Waals surface area contributed by atoms with Crippen LogP contribution < -0.4 is 9.64 Å². The molecular formula is C30H23ClF4N2O4. The molecule has 6 rings (SSSR count). The van der Waals surface area contributed by atoms with E-state index in [1.54, 1.807) is 12.1 Å². The van der Waals surface area contributed by atoms with E-state index in [1.165, 1.54) is 30.3 Å². The summed E-state index contributed by atoms with van der Waals surface area (Å²) in [4.78, 5) is 13.1. The molecule has 212 valence electrons. The van der Waals surface area contributed by atoms with Gasteiger partial charge >= 0.3 is 12.1 Å². The topological polar surface area (TPSA) is 75.8 Å². The van der Waals surface area contributed by atoms with Crippen LogP contribution in [-0.2, 0) is 12.8 Å². The lowest BCUT2D eigenvalue weighted by Gasteiger charge is -2.41. The Labute approximate surface area is 237 Å². The van der Waals surface area contributed by atoms with E-state index in [1.807, 2.05) is 11.0 Å². The number of nitrogens with zero attached hydrogens (tertiary/aromatic N) is 2. The molecule has 4 aromatic rings. The molecule has 11 heteroatoms. The number of rotatable bonds is 8. The lowest BCUT2D eigenvalue weighted by atomic mass is 9.90. The molecule has 0 radical (unpaired) electrons. The van der Waals surface area contributed by atoms with E-state index in [-0.39, 0.29) is 35.3 Å². The van der Waals surface area contributed by atoms with Gasteiger partial charge in [-0.3, -0.25) is 0 Å². The lowest BCUT2D eigenvalue weighted by molar-refractivity contribution is -0.137. The second-order valence-electron chi connectivity index (χ2n) is 10.3. The Balaban J connectivity index is 1.18. The Bertz CT molecular complexity index is 1630. The number of benzene rings is 3. The minimum absolute atomic E-state index is 0.0399. The second kappa shape index (κ2) is 10.4. The van der Waals surface area contributed by atoms with Crippen LogP contribution in [0.5, 0.6) is 5.75 Å². The fourth-order valence-electron chi connectivity index (χ4n) is 5.13. The summed E-state index contributed by atoms with van der Waals surface area (Å²) in [5.74, 6) is -0.704. The van der Waals surface area contributed by atoms with Gasteiger partial charge in [0.15, 0.2) is 0 Å². The lowest BCUT2D eigenvalue weighted by Crippen LogP contribution is -2.45. The summed E-state index contributed by atoms with van der Waals surface area (Å²) in [5, 5.41) is 13.7. The van der Waals surface area contributed by atoms with Gasteiger partial charge in [-0.1, -0.05) is 41.0 Å². The normalized spacial score (nSPS) is 15.6. The molecule has 2 heterocycles. The smallest absolute Gasteiger partial charge is 0.417 e. The molecule has 2 fully saturated rings. The standard InChI is InChI=1S/C30H23ClF4N2O4/c31-26-12-21(7-8-22(26)18-13-37(14-18)20-10-17(29(38)39)9-19(32)11-20)40-15-24-27(36-41-28(24)16-5-6-16)23-3-1-2-4-25(23)30(33,34)35/h1-4,7-12,16,18H,5-6,13-15H2,(H,38,39). The zero-order chi connectivity index (χ0) is 28.9. The van der Waals surface area contributed by atoms with Crippen LogP contribution in [0, 0.1) is 5.82 Å². The molecule has 1 saturated heterocycles. The number of aromatic carboxylic acids is 1. The zero-order valence-corrected chi connectivity index (χ0v) is 22.2. The summed E-state index contributed by atoms with van der Waals surface area (Å²) in [6, 6.07) is 14.2. The largest absolute Gasteiger partial charge is 0.489 e. The van der Waals surface area contributed by atoms with Gasteiger partial charge in [-0.15, -0.1) is 0 Å². The number of carboxylic acids is 1. The molecule has 0 bridgehead atoms. The molecule has 3 aromatic carbocycles. The quantitative estimate of drug-likeness (QED) is 0.211. The summed E-state index contributed by atoms with van der Waals surface area (Å²) < 4.78 is 66.5. The number of hydrogen-bond donors (Lipinski definition) is 1. The molecule has 1 aromatic heterocycles. The van der Waals surface area contributed by atoms with Gasteiger partial charge in [0.1, 0.15) is 29.6 Å². The number of anilines is 1. The van der Waals surface area contributed by atoms with Crippen molar-refractivity contribution in [2.45, 2.75) is 37.5 Å². The Morgan fingerprint density at radius 2 is 1.83 bits per heavy atom. The Kier molecular flexibility index (Phi) is 6.89. The third kappa shape index (κ3) is 5.48. The first-order valence-corrected chi connectivity index (χ1v) is 13.3. The molecule has 0 amide bonds. The van der Waals surface area contributed by atoms with Crippen LogP contribution >= 0.6 is 11.6 Å². The van der Waals surface area contributed by atoms with Crippen molar-refractivity contribution in [2.24, 2.45) is 0 Å². The second-order valence-corrected chi connectivity index (χ2v) is 10.7. The Morgan fingerprint density at radius 3 is 2.51 bits per heavy atom. The predicted molar refractivity (Wildman–Crippen MR) is 143 cm³/mol. The number of hydrogen-bond acceptors (Lipinski definition) is 5. The fourth-order valence-corrected chi connectivity index (χ4v) is 5.45.